The maximum Gasteiger partial charge on any atom is 0.335 e. The minimum Gasteiger partial charge on any atom is -0.478 e. The molecule has 0 unspecified atom stereocenters. The summed E-state index contributed by atoms with van der Waals surface area (Å²) in [7, 11) is 0. The van der Waals surface area contributed by atoms with Gasteiger partial charge in [-0.15, -0.1) is 0 Å². The van der Waals surface area contributed by atoms with Crippen molar-refractivity contribution in [2.24, 2.45) is 0 Å². The maximum absolute atomic E-state index is 10.9. The standard InChI is InChI=1S/C16H14N2O2/c19-16(20)13-6-7-15-14(10-13)11-17-18(15)9-8-12-4-2-1-3-5-12/h1-7,10-11H,8-9H2,(H,19,20). The molecule has 0 aliphatic carbocycles. The van der Waals surface area contributed by atoms with E-state index < -0.39 is 5.97 Å². The van der Waals surface area contributed by atoms with Gasteiger partial charge in [-0.2, -0.15) is 5.10 Å². The highest BCUT2D eigenvalue weighted by Gasteiger charge is 2.07. The largest absolute Gasteiger partial charge is 0.478 e. The van der Waals surface area contributed by atoms with E-state index in [1.165, 1.54) is 5.56 Å². The number of aromatic carboxylic acids is 1. The molecule has 0 radical (unpaired) electrons. The van der Waals surface area contributed by atoms with Crippen LogP contribution >= 0.6 is 0 Å². The van der Waals surface area contributed by atoms with Crippen molar-refractivity contribution >= 4 is 16.9 Å². The number of carboxylic acids is 1. The summed E-state index contributed by atoms with van der Waals surface area (Å²) >= 11 is 0. The molecule has 4 nitrogen and oxygen atoms in total. The highest BCUT2D eigenvalue weighted by atomic mass is 16.4. The molecule has 0 atom stereocenters. The average molecular weight is 266 g/mol. The van der Waals surface area contributed by atoms with Gasteiger partial charge in [0.25, 0.3) is 0 Å². The van der Waals surface area contributed by atoms with Crippen molar-refractivity contribution in [3.63, 3.8) is 0 Å². The molecule has 1 N–H and O–H groups in total. The SMILES string of the molecule is O=C(O)c1ccc2c(cnn2CCc2ccccc2)c1. The van der Waals surface area contributed by atoms with Crippen LogP contribution in [0.25, 0.3) is 10.9 Å². The molecule has 3 rings (SSSR count). The molecule has 0 fully saturated rings. The van der Waals surface area contributed by atoms with Gasteiger partial charge in [-0.05, 0) is 30.2 Å². The van der Waals surface area contributed by atoms with Crippen molar-refractivity contribution in [2.75, 3.05) is 0 Å². The lowest BCUT2D eigenvalue weighted by molar-refractivity contribution is 0.0697. The first-order valence-electron chi connectivity index (χ1n) is 6.47. The Bertz CT molecular complexity index is 748. The van der Waals surface area contributed by atoms with Gasteiger partial charge < -0.3 is 5.11 Å². The number of hydrogen-bond donors (Lipinski definition) is 1. The Morgan fingerprint density at radius 2 is 1.95 bits per heavy atom. The Labute approximate surface area is 116 Å². The van der Waals surface area contributed by atoms with E-state index in [-0.39, 0.29) is 0 Å². The van der Waals surface area contributed by atoms with Crippen LogP contribution in [0.3, 0.4) is 0 Å². The lowest BCUT2D eigenvalue weighted by atomic mass is 10.1. The van der Waals surface area contributed by atoms with E-state index in [1.54, 1.807) is 18.3 Å². The van der Waals surface area contributed by atoms with Crippen molar-refractivity contribution in [1.82, 2.24) is 9.78 Å². The van der Waals surface area contributed by atoms with Crippen molar-refractivity contribution in [3.8, 4) is 0 Å². The van der Waals surface area contributed by atoms with E-state index in [2.05, 4.69) is 17.2 Å². The van der Waals surface area contributed by atoms with Gasteiger partial charge in [0.05, 0.1) is 17.3 Å². The molecule has 1 aromatic heterocycles. The number of aromatic nitrogens is 2. The molecule has 0 saturated heterocycles. The fraction of sp³-hybridized carbons (Fsp3) is 0.125. The second-order valence-corrected chi connectivity index (χ2v) is 4.68. The van der Waals surface area contributed by atoms with E-state index in [0.717, 1.165) is 23.9 Å². The first kappa shape index (κ1) is 12.4. The van der Waals surface area contributed by atoms with Crippen LogP contribution in [0.4, 0.5) is 0 Å². The molecular weight excluding hydrogens is 252 g/mol. The first-order valence-corrected chi connectivity index (χ1v) is 6.47. The number of benzene rings is 2. The first-order chi connectivity index (χ1) is 9.74. The average Bonchev–Trinajstić information content (AvgIpc) is 2.88. The van der Waals surface area contributed by atoms with E-state index in [4.69, 9.17) is 5.11 Å². The Balaban J connectivity index is 1.84. The Hall–Kier alpha value is -2.62. The van der Waals surface area contributed by atoms with Crippen LogP contribution in [0, 0.1) is 0 Å². The van der Waals surface area contributed by atoms with Gasteiger partial charge in [0.15, 0.2) is 0 Å². The molecular formula is C16H14N2O2. The fourth-order valence-corrected chi connectivity index (χ4v) is 2.28. The lowest BCUT2D eigenvalue weighted by Crippen LogP contribution is -2.03. The van der Waals surface area contributed by atoms with Gasteiger partial charge in [0.1, 0.15) is 0 Å². The van der Waals surface area contributed by atoms with Gasteiger partial charge in [0.2, 0.25) is 0 Å². The zero-order valence-electron chi connectivity index (χ0n) is 10.9. The topological polar surface area (TPSA) is 55.1 Å². The van der Waals surface area contributed by atoms with Crippen molar-refractivity contribution in [2.45, 2.75) is 13.0 Å². The number of nitrogens with zero attached hydrogens (tertiary/aromatic N) is 2. The normalized spacial score (nSPS) is 10.8. The lowest BCUT2D eigenvalue weighted by Gasteiger charge is -2.04. The number of carbonyl (C=O) groups is 1. The molecule has 0 amide bonds. The van der Waals surface area contributed by atoms with Crippen LogP contribution in [-0.2, 0) is 13.0 Å². The van der Waals surface area contributed by atoms with Gasteiger partial charge in [-0.1, -0.05) is 30.3 Å². The van der Waals surface area contributed by atoms with E-state index in [0.29, 0.717) is 5.56 Å². The molecule has 0 aliphatic heterocycles. The molecule has 0 spiro atoms. The summed E-state index contributed by atoms with van der Waals surface area (Å²) in [5.41, 5.74) is 2.52. The van der Waals surface area contributed by atoms with Crippen LogP contribution in [0.5, 0.6) is 0 Å². The molecule has 2 aromatic carbocycles. The summed E-state index contributed by atoms with van der Waals surface area (Å²) in [5, 5.41) is 14.2. The summed E-state index contributed by atoms with van der Waals surface area (Å²) in [6.45, 7) is 0.778. The maximum atomic E-state index is 10.9. The van der Waals surface area contributed by atoms with Gasteiger partial charge in [-0.3, -0.25) is 4.68 Å². The van der Waals surface area contributed by atoms with Gasteiger partial charge in [0, 0.05) is 11.9 Å². The van der Waals surface area contributed by atoms with Crippen LogP contribution in [0.15, 0.2) is 54.7 Å². The third-order valence-corrected chi connectivity index (χ3v) is 3.34. The molecule has 0 saturated carbocycles. The smallest absolute Gasteiger partial charge is 0.335 e. The third kappa shape index (κ3) is 2.40. The van der Waals surface area contributed by atoms with Crippen LogP contribution < -0.4 is 0 Å². The quantitative estimate of drug-likeness (QED) is 0.789. The molecule has 0 bridgehead atoms. The molecule has 20 heavy (non-hydrogen) atoms. The highest BCUT2D eigenvalue weighted by molar-refractivity contribution is 5.93. The summed E-state index contributed by atoms with van der Waals surface area (Å²) in [6.07, 6.45) is 2.62. The summed E-state index contributed by atoms with van der Waals surface area (Å²) in [6, 6.07) is 15.3. The number of carboxylic acid groups (broad SMARTS) is 1. The highest BCUT2D eigenvalue weighted by Crippen LogP contribution is 2.16. The molecule has 100 valence electrons. The number of aryl methyl sites for hydroxylation is 2. The van der Waals surface area contributed by atoms with E-state index >= 15 is 0 Å². The Kier molecular flexibility index (Phi) is 3.21. The minimum absolute atomic E-state index is 0.292. The monoisotopic (exact) mass is 266 g/mol. The number of hydrogen-bond acceptors (Lipinski definition) is 2. The Morgan fingerprint density at radius 1 is 1.15 bits per heavy atom. The van der Waals surface area contributed by atoms with Crippen LogP contribution in [0.1, 0.15) is 15.9 Å². The number of fused-ring (bicyclic) bond motifs is 1. The summed E-state index contributed by atoms with van der Waals surface area (Å²) in [4.78, 5) is 10.9. The Morgan fingerprint density at radius 3 is 2.70 bits per heavy atom. The molecule has 3 aromatic rings. The van der Waals surface area contributed by atoms with E-state index in [1.807, 2.05) is 28.9 Å². The summed E-state index contributed by atoms with van der Waals surface area (Å²) < 4.78 is 1.91. The van der Waals surface area contributed by atoms with Crippen molar-refractivity contribution < 1.29 is 9.90 Å². The zero-order chi connectivity index (χ0) is 13.9. The number of rotatable bonds is 4. The summed E-state index contributed by atoms with van der Waals surface area (Å²) in [5.74, 6) is -0.913. The molecule has 1 heterocycles. The molecule has 4 heteroatoms. The zero-order valence-corrected chi connectivity index (χ0v) is 10.9. The predicted octanol–water partition coefficient (Wildman–Crippen LogP) is 2.98. The third-order valence-electron chi connectivity index (χ3n) is 3.34. The minimum atomic E-state index is -0.913. The van der Waals surface area contributed by atoms with E-state index in [9.17, 15) is 4.79 Å². The van der Waals surface area contributed by atoms with Crippen molar-refractivity contribution in [1.29, 1.82) is 0 Å². The predicted molar refractivity (Wildman–Crippen MR) is 76.8 cm³/mol. The van der Waals surface area contributed by atoms with Gasteiger partial charge >= 0.3 is 5.97 Å². The van der Waals surface area contributed by atoms with Gasteiger partial charge in [-0.25, -0.2) is 4.79 Å². The molecule has 0 aliphatic rings. The second kappa shape index (κ2) is 5.17. The van der Waals surface area contributed by atoms with Crippen molar-refractivity contribution in [3.05, 3.63) is 65.9 Å². The second-order valence-electron chi connectivity index (χ2n) is 4.68. The van der Waals surface area contributed by atoms with Crippen LogP contribution in [0.2, 0.25) is 0 Å². The van der Waals surface area contributed by atoms with Crippen LogP contribution in [-0.4, -0.2) is 20.9 Å². The fourth-order valence-electron chi connectivity index (χ4n) is 2.28.